The van der Waals surface area contributed by atoms with E-state index in [-0.39, 0.29) is 6.04 Å². The molecular formula is C13H17Cl2NO. The van der Waals surface area contributed by atoms with Gasteiger partial charge in [-0.25, -0.2) is 0 Å². The SMILES string of the molecule is C/C(=C\Cl)COc1ccc(Cl)cc1CC(C)N. The number of halogens is 2. The summed E-state index contributed by atoms with van der Waals surface area (Å²) in [5.74, 6) is 0.810. The van der Waals surface area contributed by atoms with E-state index in [9.17, 15) is 0 Å². The molecule has 0 saturated carbocycles. The molecule has 0 amide bonds. The van der Waals surface area contributed by atoms with E-state index >= 15 is 0 Å². The molecule has 0 aliphatic carbocycles. The third-order valence-electron chi connectivity index (χ3n) is 2.21. The Morgan fingerprint density at radius 1 is 1.53 bits per heavy atom. The van der Waals surface area contributed by atoms with Gasteiger partial charge in [0.05, 0.1) is 0 Å². The molecule has 94 valence electrons. The van der Waals surface area contributed by atoms with Gasteiger partial charge in [0.15, 0.2) is 0 Å². The van der Waals surface area contributed by atoms with Crippen LogP contribution in [0.2, 0.25) is 5.02 Å². The molecule has 1 rings (SSSR count). The van der Waals surface area contributed by atoms with Crippen LogP contribution in [0, 0.1) is 0 Å². The largest absolute Gasteiger partial charge is 0.489 e. The Bertz CT molecular complexity index is 402. The van der Waals surface area contributed by atoms with Gasteiger partial charge < -0.3 is 10.5 Å². The van der Waals surface area contributed by atoms with Crippen molar-refractivity contribution in [2.75, 3.05) is 6.61 Å². The minimum atomic E-state index is 0.0699. The number of rotatable bonds is 5. The van der Waals surface area contributed by atoms with E-state index in [0.29, 0.717) is 11.6 Å². The van der Waals surface area contributed by atoms with Crippen molar-refractivity contribution in [1.82, 2.24) is 0 Å². The zero-order valence-electron chi connectivity index (χ0n) is 10.0. The molecule has 1 aromatic carbocycles. The Morgan fingerprint density at radius 3 is 2.82 bits per heavy atom. The summed E-state index contributed by atoms with van der Waals surface area (Å²) in [7, 11) is 0. The lowest BCUT2D eigenvalue weighted by Gasteiger charge is -2.13. The van der Waals surface area contributed by atoms with Crippen LogP contribution >= 0.6 is 23.2 Å². The lowest BCUT2D eigenvalue weighted by molar-refractivity contribution is 0.348. The summed E-state index contributed by atoms with van der Waals surface area (Å²) in [6.45, 7) is 4.33. The summed E-state index contributed by atoms with van der Waals surface area (Å²) >= 11 is 11.5. The number of hydrogen-bond donors (Lipinski definition) is 1. The number of ether oxygens (including phenoxy) is 1. The van der Waals surface area contributed by atoms with Crippen LogP contribution in [-0.4, -0.2) is 12.6 Å². The molecule has 1 unspecified atom stereocenters. The lowest BCUT2D eigenvalue weighted by Crippen LogP contribution is -2.18. The van der Waals surface area contributed by atoms with Gasteiger partial charge in [0.1, 0.15) is 12.4 Å². The second-order valence-electron chi connectivity index (χ2n) is 4.18. The van der Waals surface area contributed by atoms with Crippen LogP contribution in [-0.2, 0) is 6.42 Å². The fraction of sp³-hybridized carbons (Fsp3) is 0.385. The van der Waals surface area contributed by atoms with Gasteiger partial charge in [0.25, 0.3) is 0 Å². The van der Waals surface area contributed by atoms with E-state index in [0.717, 1.165) is 23.3 Å². The van der Waals surface area contributed by atoms with E-state index in [1.807, 2.05) is 26.0 Å². The van der Waals surface area contributed by atoms with E-state index in [4.69, 9.17) is 33.7 Å². The molecule has 0 bridgehead atoms. The van der Waals surface area contributed by atoms with Crippen LogP contribution < -0.4 is 10.5 Å². The first-order chi connectivity index (χ1) is 8.02. The highest BCUT2D eigenvalue weighted by Crippen LogP contribution is 2.24. The van der Waals surface area contributed by atoms with Crippen molar-refractivity contribution in [3.63, 3.8) is 0 Å². The maximum atomic E-state index is 5.96. The van der Waals surface area contributed by atoms with Crippen molar-refractivity contribution < 1.29 is 4.74 Å². The van der Waals surface area contributed by atoms with E-state index < -0.39 is 0 Å². The van der Waals surface area contributed by atoms with E-state index in [2.05, 4.69) is 0 Å². The Morgan fingerprint density at radius 2 is 2.24 bits per heavy atom. The average Bonchev–Trinajstić information content (AvgIpc) is 2.26. The minimum Gasteiger partial charge on any atom is -0.489 e. The van der Waals surface area contributed by atoms with Crippen molar-refractivity contribution in [2.45, 2.75) is 26.3 Å². The molecule has 1 aromatic rings. The topological polar surface area (TPSA) is 35.2 Å². The normalized spacial score (nSPS) is 13.6. The summed E-state index contributed by atoms with van der Waals surface area (Å²) in [5.41, 5.74) is 9.30. The predicted molar refractivity (Wildman–Crippen MR) is 73.9 cm³/mol. The van der Waals surface area contributed by atoms with Gasteiger partial charge >= 0.3 is 0 Å². The van der Waals surface area contributed by atoms with E-state index in [1.165, 1.54) is 5.54 Å². The highest BCUT2D eigenvalue weighted by Gasteiger charge is 2.07. The minimum absolute atomic E-state index is 0.0699. The summed E-state index contributed by atoms with van der Waals surface area (Å²) in [6.07, 6.45) is 0.736. The zero-order valence-corrected chi connectivity index (χ0v) is 11.6. The van der Waals surface area contributed by atoms with Gasteiger partial charge in [-0.2, -0.15) is 0 Å². The Kier molecular flexibility index (Phi) is 5.83. The van der Waals surface area contributed by atoms with Gasteiger partial charge in [0, 0.05) is 16.6 Å². The first-order valence-electron chi connectivity index (χ1n) is 5.45. The fourth-order valence-electron chi connectivity index (χ4n) is 1.42. The third-order valence-corrected chi connectivity index (χ3v) is 2.81. The molecule has 0 spiro atoms. The molecule has 17 heavy (non-hydrogen) atoms. The van der Waals surface area contributed by atoms with Gasteiger partial charge in [-0.15, -0.1) is 0 Å². The molecule has 0 heterocycles. The molecule has 2 N–H and O–H groups in total. The molecule has 0 saturated heterocycles. The molecule has 4 heteroatoms. The number of nitrogens with two attached hydrogens (primary N) is 1. The molecule has 0 aromatic heterocycles. The molecule has 0 aliphatic rings. The van der Waals surface area contributed by atoms with Gasteiger partial charge in [-0.05, 0) is 49.6 Å². The van der Waals surface area contributed by atoms with Crippen molar-refractivity contribution in [1.29, 1.82) is 0 Å². The van der Waals surface area contributed by atoms with Crippen molar-refractivity contribution in [3.05, 3.63) is 39.9 Å². The smallest absolute Gasteiger partial charge is 0.123 e. The summed E-state index contributed by atoms with van der Waals surface area (Å²) in [4.78, 5) is 0. The molecule has 0 aliphatic heterocycles. The van der Waals surface area contributed by atoms with Crippen molar-refractivity contribution in [2.24, 2.45) is 5.73 Å². The first kappa shape index (κ1) is 14.4. The van der Waals surface area contributed by atoms with Gasteiger partial charge in [0.2, 0.25) is 0 Å². The molecule has 1 atom stereocenters. The Balaban J connectivity index is 2.82. The lowest BCUT2D eigenvalue weighted by atomic mass is 10.1. The second kappa shape index (κ2) is 6.90. The summed E-state index contributed by atoms with van der Waals surface area (Å²) in [5, 5.41) is 0.692. The van der Waals surface area contributed by atoms with Gasteiger partial charge in [-0.3, -0.25) is 0 Å². The quantitative estimate of drug-likeness (QED) is 0.887. The van der Waals surface area contributed by atoms with E-state index in [1.54, 1.807) is 6.07 Å². The third kappa shape index (κ3) is 4.99. The molecule has 2 nitrogen and oxygen atoms in total. The first-order valence-corrected chi connectivity index (χ1v) is 6.27. The monoisotopic (exact) mass is 273 g/mol. The second-order valence-corrected chi connectivity index (χ2v) is 4.83. The van der Waals surface area contributed by atoms with Crippen molar-refractivity contribution in [3.8, 4) is 5.75 Å². The van der Waals surface area contributed by atoms with Crippen LogP contribution in [0.3, 0.4) is 0 Å². The van der Waals surface area contributed by atoms with Crippen molar-refractivity contribution >= 4 is 23.2 Å². The highest BCUT2D eigenvalue weighted by atomic mass is 35.5. The highest BCUT2D eigenvalue weighted by molar-refractivity contribution is 6.30. The Hall–Kier alpha value is -0.700. The maximum Gasteiger partial charge on any atom is 0.123 e. The van der Waals surface area contributed by atoms with Crippen LogP contribution in [0.4, 0.5) is 0 Å². The standard InChI is InChI=1S/C13H17Cl2NO/c1-9(7-14)8-17-13-4-3-12(15)6-11(13)5-10(2)16/h3-4,6-7,10H,5,8,16H2,1-2H3/b9-7+. The van der Waals surface area contributed by atoms with Crippen LogP contribution in [0.1, 0.15) is 19.4 Å². The maximum absolute atomic E-state index is 5.96. The number of hydrogen-bond acceptors (Lipinski definition) is 2. The zero-order chi connectivity index (χ0) is 12.8. The predicted octanol–water partition coefficient (Wildman–Crippen LogP) is 3.75. The van der Waals surface area contributed by atoms with Gasteiger partial charge in [-0.1, -0.05) is 23.2 Å². The molecule has 0 radical (unpaired) electrons. The van der Waals surface area contributed by atoms with Crippen LogP contribution in [0.15, 0.2) is 29.3 Å². The fourth-order valence-corrected chi connectivity index (χ4v) is 1.68. The summed E-state index contributed by atoms with van der Waals surface area (Å²) in [6, 6.07) is 5.63. The number of benzene rings is 1. The molecule has 0 fully saturated rings. The van der Waals surface area contributed by atoms with Crippen LogP contribution in [0.25, 0.3) is 0 Å². The average molecular weight is 274 g/mol. The van der Waals surface area contributed by atoms with Crippen LogP contribution in [0.5, 0.6) is 5.75 Å². The summed E-state index contributed by atoms with van der Waals surface area (Å²) < 4.78 is 5.68. The Labute approximate surface area is 112 Å². The molecular weight excluding hydrogens is 257 g/mol.